The van der Waals surface area contributed by atoms with Crippen molar-refractivity contribution in [1.29, 1.82) is 0 Å². The van der Waals surface area contributed by atoms with E-state index in [-0.39, 0.29) is 0 Å². The Labute approximate surface area is 93.0 Å². The van der Waals surface area contributed by atoms with E-state index in [2.05, 4.69) is 28.8 Å². The van der Waals surface area contributed by atoms with Crippen molar-refractivity contribution in [2.24, 2.45) is 0 Å². The van der Waals surface area contributed by atoms with Gasteiger partial charge in [-0.1, -0.05) is 13.8 Å². The van der Waals surface area contributed by atoms with Gasteiger partial charge in [0, 0.05) is 11.9 Å². The molecular weight excluding hydrogens is 208 g/mol. The van der Waals surface area contributed by atoms with Gasteiger partial charge in [-0.25, -0.2) is 9.97 Å². The predicted octanol–water partition coefficient (Wildman–Crippen LogP) is 2.45. The predicted molar refractivity (Wildman–Crippen MR) is 60.6 cm³/mol. The molecule has 0 aromatic carbocycles. The number of nitrogens with zero attached hydrogens (tertiary/aromatic N) is 3. The molecule has 0 spiro atoms. The second kappa shape index (κ2) is 3.94. The number of imidazole rings is 1. The molecule has 0 saturated carbocycles. The third kappa shape index (κ3) is 1.83. The minimum Gasteiger partial charge on any atom is -0.337 e. The van der Waals surface area contributed by atoms with Crippen LogP contribution in [0.2, 0.25) is 0 Å². The first-order chi connectivity index (χ1) is 7.20. The first-order valence-corrected chi connectivity index (χ1v) is 5.16. The van der Waals surface area contributed by atoms with E-state index in [0.717, 1.165) is 11.4 Å². The number of hydrogen-bond donors (Lipinski definition) is 1. The quantitative estimate of drug-likeness (QED) is 0.791. The molecule has 2 heterocycles. The van der Waals surface area contributed by atoms with Crippen LogP contribution >= 0.6 is 12.2 Å². The summed E-state index contributed by atoms with van der Waals surface area (Å²) in [4.78, 5) is 11.0. The van der Waals surface area contributed by atoms with Gasteiger partial charge >= 0.3 is 0 Å². The van der Waals surface area contributed by atoms with Crippen molar-refractivity contribution in [3.63, 3.8) is 0 Å². The van der Waals surface area contributed by atoms with Gasteiger partial charge in [-0.05, 0) is 18.1 Å². The minimum absolute atomic E-state index is 0.401. The molecule has 0 amide bonds. The fourth-order valence-electron chi connectivity index (χ4n) is 1.48. The molecule has 0 radical (unpaired) electrons. The number of aromatic nitrogens is 4. The molecule has 0 aliphatic heterocycles. The lowest BCUT2D eigenvalue weighted by atomic mass is 10.1. The molecule has 1 N–H and O–H groups in total. The van der Waals surface area contributed by atoms with Gasteiger partial charge in [0.2, 0.25) is 0 Å². The Hall–Kier alpha value is -1.49. The molecule has 0 saturated heterocycles. The van der Waals surface area contributed by atoms with Crippen molar-refractivity contribution in [2.45, 2.75) is 19.8 Å². The van der Waals surface area contributed by atoms with Crippen LogP contribution in [0.15, 0.2) is 24.9 Å². The first-order valence-electron chi connectivity index (χ1n) is 4.76. The van der Waals surface area contributed by atoms with Crippen molar-refractivity contribution in [2.75, 3.05) is 0 Å². The smallest absolute Gasteiger partial charge is 0.182 e. The van der Waals surface area contributed by atoms with Crippen molar-refractivity contribution in [1.82, 2.24) is 19.5 Å². The lowest BCUT2D eigenvalue weighted by Crippen LogP contribution is -2.02. The topological polar surface area (TPSA) is 46.5 Å². The Morgan fingerprint density at radius 3 is 2.60 bits per heavy atom. The van der Waals surface area contributed by atoms with E-state index in [1.54, 1.807) is 12.4 Å². The molecule has 0 fully saturated rings. The summed E-state index contributed by atoms with van der Waals surface area (Å²) >= 11 is 5.23. The van der Waals surface area contributed by atoms with Crippen LogP contribution in [0, 0.1) is 4.77 Å². The highest BCUT2D eigenvalue weighted by molar-refractivity contribution is 7.71. The lowest BCUT2D eigenvalue weighted by Gasteiger charge is -2.09. The summed E-state index contributed by atoms with van der Waals surface area (Å²) in [6.45, 7) is 4.25. The monoisotopic (exact) mass is 220 g/mol. The SMILES string of the molecule is CC(C)c1c[nH]c(=S)n1-c1cncnc1. The van der Waals surface area contributed by atoms with Crippen molar-refractivity contribution in [3.05, 3.63) is 35.4 Å². The summed E-state index contributed by atoms with van der Waals surface area (Å²) < 4.78 is 2.63. The lowest BCUT2D eigenvalue weighted by molar-refractivity contribution is 0.779. The average Bonchev–Trinajstić information content (AvgIpc) is 2.61. The zero-order valence-corrected chi connectivity index (χ0v) is 9.45. The van der Waals surface area contributed by atoms with Crippen LogP contribution in [0.5, 0.6) is 0 Å². The number of H-pyrrole nitrogens is 1. The average molecular weight is 220 g/mol. The molecule has 2 aromatic heterocycles. The third-order valence-corrected chi connectivity index (χ3v) is 2.50. The fourth-order valence-corrected chi connectivity index (χ4v) is 1.75. The van der Waals surface area contributed by atoms with Crippen molar-refractivity contribution < 1.29 is 0 Å². The molecule has 2 aromatic rings. The zero-order chi connectivity index (χ0) is 10.8. The summed E-state index contributed by atoms with van der Waals surface area (Å²) in [6.07, 6.45) is 6.94. The molecule has 0 aliphatic carbocycles. The second-order valence-electron chi connectivity index (χ2n) is 3.61. The van der Waals surface area contributed by atoms with Crippen LogP contribution in [-0.4, -0.2) is 19.5 Å². The van der Waals surface area contributed by atoms with Gasteiger partial charge < -0.3 is 4.98 Å². The number of rotatable bonds is 2. The Balaban J connectivity index is 2.62. The normalized spacial score (nSPS) is 10.9. The summed E-state index contributed by atoms with van der Waals surface area (Å²) in [5, 5.41) is 0. The molecule has 0 unspecified atom stereocenters. The Kier molecular flexibility index (Phi) is 2.64. The van der Waals surface area contributed by atoms with E-state index >= 15 is 0 Å². The highest BCUT2D eigenvalue weighted by atomic mass is 32.1. The van der Waals surface area contributed by atoms with Gasteiger partial charge in [0.05, 0.1) is 18.1 Å². The summed E-state index contributed by atoms with van der Waals surface area (Å²) in [5.74, 6) is 0.401. The first kappa shape index (κ1) is 10.0. The number of aromatic amines is 1. The largest absolute Gasteiger partial charge is 0.337 e. The molecular formula is C10H12N4S. The van der Waals surface area contributed by atoms with Crippen LogP contribution in [-0.2, 0) is 0 Å². The van der Waals surface area contributed by atoms with Gasteiger partial charge in [0.15, 0.2) is 4.77 Å². The van der Waals surface area contributed by atoms with Gasteiger partial charge in [-0.2, -0.15) is 0 Å². The molecule has 4 nitrogen and oxygen atoms in total. The Morgan fingerprint density at radius 1 is 1.33 bits per heavy atom. The van der Waals surface area contributed by atoms with Crippen LogP contribution in [0.3, 0.4) is 0 Å². The van der Waals surface area contributed by atoms with E-state index in [4.69, 9.17) is 12.2 Å². The Morgan fingerprint density at radius 2 is 2.00 bits per heavy atom. The van der Waals surface area contributed by atoms with Gasteiger partial charge in [0.1, 0.15) is 6.33 Å². The third-order valence-electron chi connectivity index (χ3n) is 2.20. The standard InChI is InChI=1S/C10H12N4S/c1-7(2)9-5-13-10(15)14(9)8-3-11-6-12-4-8/h3-7H,1-2H3,(H,13,15). The molecule has 0 aliphatic rings. The van der Waals surface area contributed by atoms with E-state index in [1.165, 1.54) is 6.33 Å². The maximum absolute atomic E-state index is 5.23. The highest BCUT2D eigenvalue weighted by Gasteiger charge is 2.09. The summed E-state index contributed by atoms with van der Waals surface area (Å²) in [7, 11) is 0. The maximum atomic E-state index is 5.23. The van der Waals surface area contributed by atoms with Gasteiger partial charge in [-0.15, -0.1) is 0 Å². The number of hydrogen-bond acceptors (Lipinski definition) is 3. The van der Waals surface area contributed by atoms with Gasteiger partial charge in [0.25, 0.3) is 0 Å². The molecule has 0 bridgehead atoms. The minimum atomic E-state index is 0.401. The van der Waals surface area contributed by atoms with Crippen molar-refractivity contribution in [3.8, 4) is 5.69 Å². The zero-order valence-electron chi connectivity index (χ0n) is 8.64. The number of nitrogens with one attached hydrogen (secondary N) is 1. The van der Waals surface area contributed by atoms with E-state index in [9.17, 15) is 0 Å². The fraction of sp³-hybridized carbons (Fsp3) is 0.300. The van der Waals surface area contributed by atoms with Gasteiger partial charge in [-0.3, -0.25) is 4.57 Å². The van der Waals surface area contributed by atoms with Crippen molar-refractivity contribution >= 4 is 12.2 Å². The van der Waals surface area contributed by atoms with E-state index < -0.39 is 0 Å². The summed E-state index contributed by atoms with van der Waals surface area (Å²) in [6, 6.07) is 0. The van der Waals surface area contributed by atoms with Crippen LogP contribution in [0.25, 0.3) is 5.69 Å². The molecule has 0 atom stereocenters. The molecule has 5 heteroatoms. The molecule has 15 heavy (non-hydrogen) atoms. The van der Waals surface area contributed by atoms with Crippen LogP contribution < -0.4 is 0 Å². The highest BCUT2D eigenvalue weighted by Crippen LogP contribution is 2.18. The van der Waals surface area contributed by atoms with Crippen LogP contribution in [0.1, 0.15) is 25.5 Å². The molecule has 78 valence electrons. The maximum Gasteiger partial charge on any atom is 0.182 e. The van der Waals surface area contributed by atoms with E-state index in [1.807, 2.05) is 10.8 Å². The Bertz CT molecular complexity index is 498. The molecule has 2 rings (SSSR count). The van der Waals surface area contributed by atoms with E-state index in [0.29, 0.717) is 10.7 Å². The summed E-state index contributed by atoms with van der Waals surface area (Å²) in [5.41, 5.74) is 2.03. The second-order valence-corrected chi connectivity index (χ2v) is 3.99. The van der Waals surface area contributed by atoms with Crippen LogP contribution in [0.4, 0.5) is 0 Å².